The van der Waals surface area contributed by atoms with E-state index < -0.39 is 23.6 Å². The number of halogens is 2. The number of carbonyl (C=O) groups excluding carboxylic acids is 1. The Morgan fingerprint density at radius 2 is 2.19 bits per heavy atom. The van der Waals surface area contributed by atoms with Gasteiger partial charge in [0.1, 0.15) is 0 Å². The Morgan fingerprint density at radius 1 is 1.50 bits per heavy atom. The van der Waals surface area contributed by atoms with Crippen LogP contribution in [0.15, 0.2) is 16.9 Å². The average Bonchev–Trinajstić information content (AvgIpc) is 2.21. The molecule has 1 aromatic rings. The molecule has 1 rings (SSSR count). The Morgan fingerprint density at radius 3 is 2.69 bits per heavy atom. The molecule has 0 unspecified atom stereocenters. The van der Waals surface area contributed by atoms with Crippen molar-refractivity contribution in [2.45, 2.75) is 19.8 Å². The molecule has 1 aromatic heterocycles. The van der Waals surface area contributed by atoms with Crippen LogP contribution in [0.5, 0.6) is 0 Å². The zero-order valence-corrected chi connectivity index (χ0v) is 8.63. The fourth-order valence-corrected chi connectivity index (χ4v) is 1.15. The highest BCUT2D eigenvalue weighted by atomic mass is 19.3. The highest BCUT2D eigenvalue weighted by molar-refractivity contribution is 5.72. The summed E-state index contributed by atoms with van der Waals surface area (Å²) < 4.78 is 29.0. The molecule has 0 saturated heterocycles. The zero-order chi connectivity index (χ0) is 12.1. The van der Waals surface area contributed by atoms with E-state index in [0.29, 0.717) is 0 Å². The molecular weight excluding hydrogens is 220 g/mol. The van der Waals surface area contributed by atoms with E-state index in [-0.39, 0.29) is 18.6 Å². The number of hydrogen-bond acceptors (Lipinski definition) is 3. The minimum atomic E-state index is -2.73. The standard InChI is InChI=1S/C10H11F2NO3/c1-2-16-8(14)5-6-3-4-7(9(11)12)13-10(6)15/h3-4,9H,2,5H2,1H3,(H,13,15). The lowest BCUT2D eigenvalue weighted by Crippen LogP contribution is -2.19. The maximum Gasteiger partial charge on any atom is 0.310 e. The molecule has 0 aliphatic rings. The van der Waals surface area contributed by atoms with E-state index in [2.05, 4.69) is 4.74 Å². The van der Waals surface area contributed by atoms with Crippen molar-refractivity contribution in [3.8, 4) is 0 Å². The summed E-state index contributed by atoms with van der Waals surface area (Å²) in [4.78, 5) is 24.4. The van der Waals surface area contributed by atoms with Gasteiger partial charge in [-0.3, -0.25) is 9.59 Å². The smallest absolute Gasteiger partial charge is 0.310 e. The number of aromatic amines is 1. The molecule has 1 N–H and O–H groups in total. The number of aromatic nitrogens is 1. The summed E-state index contributed by atoms with van der Waals surface area (Å²) in [7, 11) is 0. The third-order valence-corrected chi connectivity index (χ3v) is 1.89. The van der Waals surface area contributed by atoms with Gasteiger partial charge in [-0.15, -0.1) is 0 Å². The molecule has 1 heterocycles. The fourth-order valence-electron chi connectivity index (χ4n) is 1.15. The number of carbonyl (C=O) groups is 1. The van der Waals surface area contributed by atoms with Gasteiger partial charge in [-0.05, 0) is 13.0 Å². The first-order valence-electron chi connectivity index (χ1n) is 4.70. The average molecular weight is 231 g/mol. The van der Waals surface area contributed by atoms with Gasteiger partial charge in [-0.25, -0.2) is 8.78 Å². The van der Waals surface area contributed by atoms with Crippen molar-refractivity contribution in [3.05, 3.63) is 33.7 Å². The lowest BCUT2D eigenvalue weighted by Gasteiger charge is -2.03. The maximum absolute atomic E-state index is 12.2. The summed E-state index contributed by atoms with van der Waals surface area (Å²) in [5.74, 6) is -0.558. The van der Waals surface area contributed by atoms with Gasteiger partial charge < -0.3 is 9.72 Å². The SMILES string of the molecule is CCOC(=O)Cc1ccc(C(F)F)[nH]c1=O. The van der Waals surface area contributed by atoms with Crippen molar-refractivity contribution < 1.29 is 18.3 Å². The predicted octanol–water partition coefficient (Wildman–Crippen LogP) is 1.42. The summed E-state index contributed by atoms with van der Waals surface area (Å²) in [5, 5.41) is 0. The third kappa shape index (κ3) is 3.15. The van der Waals surface area contributed by atoms with Crippen LogP contribution in [0.25, 0.3) is 0 Å². The van der Waals surface area contributed by atoms with Crippen molar-refractivity contribution in [1.82, 2.24) is 4.98 Å². The minimum absolute atomic E-state index is 0.114. The van der Waals surface area contributed by atoms with Crippen molar-refractivity contribution in [2.24, 2.45) is 0 Å². The van der Waals surface area contributed by atoms with Crippen LogP contribution in [0.2, 0.25) is 0 Å². The molecule has 0 aromatic carbocycles. The summed E-state index contributed by atoms with van der Waals surface area (Å²) in [6.07, 6.45) is -2.95. The first kappa shape index (κ1) is 12.4. The van der Waals surface area contributed by atoms with E-state index in [0.717, 1.165) is 6.07 Å². The van der Waals surface area contributed by atoms with Gasteiger partial charge in [0.2, 0.25) is 0 Å². The van der Waals surface area contributed by atoms with Gasteiger partial charge in [-0.1, -0.05) is 6.07 Å². The Hall–Kier alpha value is -1.72. The number of esters is 1. The molecule has 6 heteroatoms. The van der Waals surface area contributed by atoms with E-state index in [4.69, 9.17) is 0 Å². The molecule has 0 atom stereocenters. The van der Waals surface area contributed by atoms with E-state index in [1.54, 1.807) is 6.92 Å². The summed E-state index contributed by atoms with van der Waals surface area (Å²) in [5.41, 5.74) is -1.04. The molecule has 88 valence electrons. The molecule has 0 aliphatic heterocycles. The summed E-state index contributed by atoms with van der Waals surface area (Å²) >= 11 is 0. The van der Waals surface area contributed by atoms with Crippen LogP contribution >= 0.6 is 0 Å². The quantitative estimate of drug-likeness (QED) is 0.797. The lowest BCUT2D eigenvalue weighted by molar-refractivity contribution is -0.142. The number of alkyl halides is 2. The van der Waals surface area contributed by atoms with Gasteiger partial charge in [0.25, 0.3) is 12.0 Å². The highest BCUT2D eigenvalue weighted by Crippen LogP contribution is 2.14. The second-order valence-electron chi connectivity index (χ2n) is 3.05. The third-order valence-electron chi connectivity index (χ3n) is 1.89. The minimum Gasteiger partial charge on any atom is -0.466 e. The molecule has 0 spiro atoms. The van der Waals surface area contributed by atoms with Crippen LogP contribution in [0.3, 0.4) is 0 Å². The van der Waals surface area contributed by atoms with Gasteiger partial charge in [0.15, 0.2) is 0 Å². The Bertz CT molecular complexity index is 428. The van der Waals surface area contributed by atoms with E-state index in [1.807, 2.05) is 4.98 Å². The molecule has 0 bridgehead atoms. The number of ether oxygens (including phenoxy) is 1. The Labute approximate surface area is 90.2 Å². The maximum atomic E-state index is 12.2. The summed E-state index contributed by atoms with van der Waals surface area (Å²) in [6, 6.07) is 2.29. The summed E-state index contributed by atoms with van der Waals surface area (Å²) in [6.45, 7) is 1.86. The number of hydrogen-bond donors (Lipinski definition) is 1. The molecule has 0 amide bonds. The Kier molecular flexibility index (Phi) is 4.16. The van der Waals surface area contributed by atoms with Crippen LogP contribution in [0.1, 0.15) is 24.6 Å². The first-order valence-corrected chi connectivity index (χ1v) is 4.70. The highest BCUT2D eigenvalue weighted by Gasteiger charge is 2.12. The van der Waals surface area contributed by atoms with Gasteiger partial charge >= 0.3 is 5.97 Å². The zero-order valence-electron chi connectivity index (χ0n) is 8.63. The largest absolute Gasteiger partial charge is 0.466 e. The molecule has 0 aliphatic carbocycles. The van der Waals surface area contributed by atoms with Crippen LogP contribution in [0.4, 0.5) is 8.78 Å². The van der Waals surface area contributed by atoms with E-state index >= 15 is 0 Å². The second kappa shape index (κ2) is 5.39. The number of nitrogens with one attached hydrogen (secondary N) is 1. The van der Waals surface area contributed by atoms with Gasteiger partial charge in [0.05, 0.1) is 18.7 Å². The van der Waals surface area contributed by atoms with Crippen LogP contribution in [0, 0.1) is 0 Å². The topological polar surface area (TPSA) is 59.2 Å². The first-order chi connectivity index (χ1) is 7.54. The van der Waals surface area contributed by atoms with Gasteiger partial charge in [0, 0.05) is 5.56 Å². The Balaban J connectivity index is 2.83. The lowest BCUT2D eigenvalue weighted by atomic mass is 10.2. The van der Waals surface area contributed by atoms with Crippen molar-refractivity contribution in [2.75, 3.05) is 6.61 Å². The van der Waals surface area contributed by atoms with Crippen molar-refractivity contribution >= 4 is 5.97 Å². The van der Waals surface area contributed by atoms with Crippen LogP contribution < -0.4 is 5.56 Å². The molecule has 0 fully saturated rings. The number of pyridine rings is 1. The van der Waals surface area contributed by atoms with Gasteiger partial charge in [-0.2, -0.15) is 0 Å². The normalized spacial score (nSPS) is 10.5. The molecule has 0 saturated carbocycles. The monoisotopic (exact) mass is 231 g/mol. The van der Waals surface area contributed by atoms with E-state index in [9.17, 15) is 18.4 Å². The van der Waals surface area contributed by atoms with Crippen LogP contribution in [-0.4, -0.2) is 17.6 Å². The molecule has 0 radical (unpaired) electrons. The number of rotatable bonds is 4. The number of H-pyrrole nitrogens is 1. The fraction of sp³-hybridized carbons (Fsp3) is 0.400. The molecular formula is C10H11F2NO3. The van der Waals surface area contributed by atoms with Crippen LogP contribution in [-0.2, 0) is 16.0 Å². The van der Waals surface area contributed by atoms with Crippen molar-refractivity contribution in [3.63, 3.8) is 0 Å². The van der Waals surface area contributed by atoms with E-state index in [1.165, 1.54) is 6.07 Å². The predicted molar refractivity (Wildman–Crippen MR) is 52.4 cm³/mol. The van der Waals surface area contributed by atoms with Crippen molar-refractivity contribution in [1.29, 1.82) is 0 Å². The molecule has 16 heavy (non-hydrogen) atoms. The molecule has 4 nitrogen and oxygen atoms in total. The second-order valence-corrected chi connectivity index (χ2v) is 3.05.